The van der Waals surface area contributed by atoms with Crippen molar-refractivity contribution in [1.82, 2.24) is 5.32 Å². The molecule has 1 saturated heterocycles. The summed E-state index contributed by atoms with van der Waals surface area (Å²) in [5.41, 5.74) is 2.00. The SMILES string of the molecule is CNCC(=O)c1cccc(C2COC2)c1. The Balaban J connectivity index is 2.14. The molecule has 1 heterocycles. The van der Waals surface area contributed by atoms with Crippen LogP contribution in [0.1, 0.15) is 21.8 Å². The first-order valence-corrected chi connectivity index (χ1v) is 5.17. The van der Waals surface area contributed by atoms with Gasteiger partial charge in [-0.15, -0.1) is 0 Å². The summed E-state index contributed by atoms with van der Waals surface area (Å²) in [7, 11) is 1.78. The fourth-order valence-corrected chi connectivity index (χ4v) is 1.66. The topological polar surface area (TPSA) is 38.3 Å². The van der Waals surface area contributed by atoms with Crippen LogP contribution in [0.3, 0.4) is 0 Å². The van der Waals surface area contributed by atoms with Gasteiger partial charge in [-0.3, -0.25) is 4.79 Å². The molecule has 15 heavy (non-hydrogen) atoms. The quantitative estimate of drug-likeness (QED) is 0.751. The lowest BCUT2D eigenvalue weighted by molar-refractivity contribution is 0.00839. The van der Waals surface area contributed by atoms with Crippen molar-refractivity contribution in [2.24, 2.45) is 0 Å². The standard InChI is InChI=1S/C12H15NO2/c1-13-6-12(14)10-4-2-3-9(5-10)11-7-15-8-11/h2-5,11,13H,6-8H2,1H3. The van der Waals surface area contributed by atoms with Crippen LogP contribution in [0.25, 0.3) is 0 Å². The van der Waals surface area contributed by atoms with Gasteiger partial charge in [0.05, 0.1) is 19.8 Å². The van der Waals surface area contributed by atoms with Crippen LogP contribution in [-0.2, 0) is 4.74 Å². The maximum atomic E-state index is 11.6. The molecule has 0 aromatic heterocycles. The molecule has 3 heteroatoms. The number of likely N-dealkylation sites (N-methyl/N-ethyl adjacent to an activating group) is 1. The second-order valence-electron chi connectivity index (χ2n) is 3.81. The van der Waals surface area contributed by atoms with Crippen molar-refractivity contribution in [3.8, 4) is 0 Å². The Morgan fingerprint density at radius 2 is 2.33 bits per heavy atom. The Morgan fingerprint density at radius 1 is 1.53 bits per heavy atom. The number of ketones is 1. The van der Waals surface area contributed by atoms with E-state index in [0.29, 0.717) is 12.5 Å². The van der Waals surface area contributed by atoms with Crippen molar-refractivity contribution >= 4 is 5.78 Å². The molecule has 1 aromatic carbocycles. The maximum Gasteiger partial charge on any atom is 0.176 e. The largest absolute Gasteiger partial charge is 0.380 e. The molecule has 0 saturated carbocycles. The summed E-state index contributed by atoms with van der Waals surface area (Å²) in [4.78, 5) is 11.6. The van der Waals surface area contributed by atoms with E-state index in [1.165, 1.54) is 5.56 Å². The van der Waals surface area contributed by atoms with Crippen molar-refractivity contribution in [3.63, 3.8) is 0 Å². The number of benzene rings is 1. The fraction of sp³-hybridized carbons (Fsp3) is 0.417. The van der Waals surface area contributed by atoms with Crippen LogP contribution in [0.5, 0.6) is 0 Å². The van der Waals surface area contributed by atoms with E-state index in [1.807, 2.05) is 18.2 Å². The first kappa shape index (κ1) is 10.3. The van der Waals surface area contributed by atoms with E-state index in [9.17, 15) is 4.79 Å². The number of carbonyl (C=O) groups is 1. The number of rotatable bonds is 4. The lowest BCUT2D eigenvalue weighted by atomic mass is 9.95. The summed E-state index contributed by atoms with van der Waals surface area (Å²) in [6.45, 7) is 1.96. The number of nitrogens with one attached hydrogen (secondary N) is 1. The van der Waals surface area contributed by atoms with Gasteiger partial charge < -0.3 is 10.1 Å². The van der Waals surface area contributed by atoms with E-state index in [0.717, 1.165) is 18.8 Å². The zero-order valence-electron chi connectivity index (χ0n) is 8.82. The highest BCUT2D eigenvalue weighted by molar-refractivity contribution is 5.97. The van der Waals surface area contributed by atoms with Crippen molar-refractivity contribution in [3.05, 3.63) is 35.4 Å². The molecule has 80 valence electrons. The van der Waals surface area contributed by atoms with Crippen molar-refractivity contribution in [1.29, 1.82) is 0 Å². The summed E-state index contributed by atoms with van der Waals surface area (Å²) < 4.78 is 5.14. The van der Waals surface area contributed by atoms with Crippen LogP contribution in [0, 0.1) is 0 Å². The minimum Gasteiger partial charge on any atom is -0.380 e. The zero-order valence-corrected chi connectivity index (χ0v) is 8.82. The van der Waals surface area contributed by atoms with Crippen molar-refractivity contribution < 1.29 is 9.53 Å². The molecule has 0 spiro atoms. The second kappa shape index (κ2) is 4.55. The summed E-state index contributed by atoms with van der Waals surface area (Å²) in [6.07, 6.45) is 0. The Kier molecular flexibility index (Phi) is 3.14. The molecule has 1 N–H and O–H groups in total. The second-order valence-corrected chi connectivity index (χ2v) is 3.81. The molecule has 0 radical (unpaired) electrons. The highest BCUT2D eigenvalue weighted by Gasteiger charge is 2.20. The Morgan fingerprint density at radius 3 is 2.93 bits per heavy atom. The van der Waals surface area contributed by atoms with Gasteiger partial charge >= 0.3 is 0 Å². The predicted molar refractivity (Wildman–Crippen MR) is 58.3 cm³/mol. The summed E-state index contributed by atoms with van der Waals surface area (Å²) in [5.74, 6) is 0.618. The van der Waals surface area contributed by atoms with E-state index >= 15 is 0 Å². The van der Waals surface area contributed by atoms with Gasteiger partial charge in [-0.1, -0.05) is 18.2 Å². The van der Waals surface area contributed by atoms with Crippen LogP contribution in [0.2, 0.25) is 0 Å². The average molecular weight is 205 g/mol. The van der Waals surface area contributed by atoms with E-state index in [-0.39, 0.29) is 5.78 Å². The predicted octanol–water partition coefficient (Wildman–Crippen LogP) is 1.20. The monoisotopic (exact) mass is 205 g/mol. The minimum atomic E-state index is 0.139. The average Bonchev–Trinajstić information content (AvgIpc) is 2.16. The van der Waals surface area contributed by atoms with E-state index in [1.54, 1.807) is 7.05 Å². The lowest BCUT2D eigenvalue weighted by Gasteiger charge is -2.26. The highest BCUT2D eigenvalue weighted by Crippen LogP contribution is 2.24. The lowest BCUT2D eigenvalue weighted by Crippen LogP contribution is -2.25. The van der Waals surface area contributed by atoms with Gasteiger partial charge in [-0.2, -0.15) is 0 Å². The van der Waals surface area contributed by atoms with E-state index in [2.05, 4.69) is 11.4 Å². The molecule has 1 aromatic rings. The summed E-state index contributed by atoms with van der Waals surface area (Å²) in [5, 5.41) is 2.87. The third-order valence-electron chi connectivity index (χ3n) is 2.66. The number of hydrogen-bond donors (Lipinski definition) is 1. The fourth-order valence-electron chi connectivity index (χ4n) is 1.66. The molecular weight excluding hydrogens is 190 g/mol. The molecule has 0 unspecified atom stereocenters. The number of hydrogen-bond acceptors (Lipinski definition) is 3. The molecule has 1 fully saturated rings. The number of ether oxygens (including phenoxy) is 1. The highest BCUT2D eigenvalue weighted by atomic mass is 16.5. The van der Waals surface area contributed by atoms with Gasteiger partial charge in [0.15, 0.2) is 5.78 Å². The maximum absolute atomic E-state index is 11.6. The Labute approximate surface area is 89.4 Å². The molecule has 0 amide bonds. The zero-order chi connectivity index (χ0) is 10.7. The molecule has 2 rings (SSSR count). The van der Waals surface area contributed by atoms with Crippen LogP contribution in [-0.4, -0.2) is 32.6 Å². The first-order chi connectivity index (χ1) is 7.31. The normalized spacial score (nSPS) is 16.1. The number of Topliss-reactive ketones (excluding diaryl/α,β-unsaturated/α-hetero) is 1. The van der Waals surface area contributed by atoms with Gasteiger partial charge in [0.25, 0.3) is 0 Å². The molecule has 0 bridgehead atoms. The minimum absolute atomic E-state index is 0.139. The van der Waals surface area contributed by atoms with Gasteiger partial charge in [0.2, 0.25) is 0 Å². The van der Waals surface area contributed by atoms with Crippen LogP contribution >= 0.6 is 0 Å². The van der Waals surface area contributed by atoms with Crippen LogP contribution in [0.4, 0.5) is 0 Å². The van der Waals surface area contributed by atoms with Crippen LogP contribution in [0.15, 0.2) is 24.3 Å². The molecule has 1 aliphatic heterocycles. The molecule has 0 atom stereocenters. The Bertz CT molecular complexity index is 358. The molecule has 0 aliphatic carbocycles. The summed E-state index contributed by atoms with van der Waals surface area (Å²) >= 11 is 0. The molecule has 1 aliphatic rings. The van der Waals surface area contributed by atoms with Gasteiger partial charge in [-0.25, -0.2) is 0 Å². The third kappa shape index (κ3) is 2.25. The molecule has 3 nitrogen and oxygen atoms in total. The molecular formula is C12H15NO2. The summed E-state index contributed by atoms with van der Waals surface area (Å²) in [6, 6.07) is 7.84. The van der Waals surface area contributed by atoms with E-state index in [4.69, 9.17) is 4.74 Å². The van der Waals surface area contributed by atoms with Crippen molar-refractivity contribution in [2.45, 2.75) is 5.92 Å². The Hall–Kier alpha value is -1.19. The van der Waals surface area contributed by atoms with E-state index < -0.39 is 0 Å². The van der Waals surface area contributed by atoms with Gasteiger partial charge in [0.1, 0.15) is 0 Å². The van der Waals surface area contributed by atoms with Crippen molar-refractivity contribution in [2.75, 3.05) is 26.8 Å². The van der Waals surface area contributed by atoms with Gasteiger partial charge in [0, 0.05) is 11.5 Å². The van der Waals surface area contributed by atoms with Crippen LogP contribution < -0.4 is 5.32 Å². The smallest absolute Gasteiger partial charge is 0.176 e. The third-order valence-corrected chi connectivity index (χ3v) is 2.66. The van der Waals surface area contributed by atoms with Gasteiger partial charge in [-0.05, 0) is 18.7 Å². The number of carbonyl (C=O) groups excluding carboxylic acids is 1. The first-order valence-electron chi connectivity index (χ1n) is 5.17.